The van der Waals surface area contributed by atoms with E-state index in [9.17, 15) is 14.0 Å². The molecule has 0 radical (unpaired) electrons. The Bertz CT molecular complexity index is 1050. The maximum absolute atomic E-state index is 14.0. The number of aryl methyl sites for hydroxylation is 2. The second-order valence-electron chi connectivity index (χ2n) is 5.90. The van der Waals surface area contributed by atoms with Crippen molar-refractivity contribution >= 4 is 16.9 Å². The van der Waals surface area contributed by atoms with Crippen molar-refractivity contribution in [2.75, 3.05) is 7.11 Å². The predicted molar refractivity (Wildman–Crippen MR) is 94.0 cm³/mol. The molecule has 0 atom stereocenters. The number of rotatable bonds is 4. The van der Waals surface area contributed by atoms with Crippen LogP contribution in [0.3, 0.4) is 0 Å². The van der Waals surface area contributed by atoms with Gasteiger partial charge in [0, 0.05) is 23.1 Å². The summed E-state index contributed by atoms with van der Waals surface area (Å²) in [5.74, 6) is -1.26. The van der Waals surface area contributed by atoms with E-state index >= 15 is 0 Å². The van der Waals surface area contributed by atoms with E-state index in [0.717, 1.165) is 17.2 Å². The number of methoxy groups -OCH3 is 1. The third-order valence-corrected chi connectivity index (χ3v) is 4.27. The number of ether oxygens (including phenoxy) is 2. The zero-order chi connectivity index (χ0) is 18.8. The quantitative estimate of drug-likeness (QED) is 0.524. The summed E-state index contributed by atoms with van der Waals surface area (Å²) >= 11 is 0. The van der Waals surface area contributed by atoms with E-state index in [1.54, 1.807) is 6.07 Å². The second kappa shape index (κ2) is 7.00. The van der Waals surface area contributed by atoms with Gasteiger partial charge in [-0.05, 0) is 37.1 Å². The Labute approximate surface area is 149 Å². The summed E-state index contributed by atoms with van der Waals surface area (Å²) in [4.78, 5) is 24.0. The Kier molecular flexibility index (Phi) is 4.75. The Morgan fingerprint density at radius 3 is 2.62 bits per heavy atom. The third kappa shape index (κ3) is 3.31. The minimum Gasteiger partial charge on any atom is -0.497 e. The molecule has 0 spiro atoms. The van der Waals surface area contributed by atoms with E-state index in [-0.39, 0.29) is 12.2 Å². The van der Waals surface area contributed by atoms with Crippen LogP contribution in [0.4, 0.5) is 4.39 Å². The molecule has 0 saturated carbocycles. The highest BCUT2D eigenvalue weighted by molar-refractivity contribution is 5.90. The number of benzene rings is 2. The summed E-state index contributed by atoms with van der Waals surface area (Å²) in [5.41, 5.74) is 2.04. The van der Waals surface area contributed by atoms with E-state index in [1.807, 2.05) is 19.9 Å². The molecule has 26 heavy (non-hydrogen) atoms. The smallest absolute Gasteiger partial charge is 0.341 e. The van der Waals surface area contributed by atoms with Crippen LogP contribution in [-0.4, -0.2) is 13.1 Å². The number of halogens is 1. The van der Waals surface area contributed by atoms with Gasteiger partial charge in [-0.2, -0.15) is 0 Å². The van der Waals surface area contributed by atoms with E-state index < -0.39 is 17.4 Å². The lowest BCUT2D eigenvalue weighted by molar-refractivity contribution is 0.0468. The van der Waals surface area contributed by atoms with Crippen molar-refractivity contribution in [2.24, 2.45) is 0 Å². The molecule has 0 aliphatic carbocycles. The number of fused-ring (bicyclic) bond motifs is 1. The van der Waals surface area contributed by atoms with Crippen LogP contribution in [0.5, 0.6) is 5.75 Å². The van der Waals surface area contributed by atoms with Gasteiger partial charge < -0.3 is 13.9 Å². The Hall–Kier alpha value is -3.15. The molecule has 3 rings (SSSR count). The summed E-state index contributed by atoms with van der Waals surface area (Å²) in [5, 5.41) is 0.677. The first kappa shape index (κ1) is 17.7. The highest BCUT2D eigenvalue weighted by Crippen LogP contribution is 2.24. The maximum Gasteiger partial charge on any atom is 0.341 e. The number of hydrogen-bond donors (Lipinski definition) is 0. The van der Waals surface area contributed by atoms with Crippen LogP contribution in [0.25, 0.3) is 11.0 Å². The monoisotopic (exact) mass is 356 g/mol. The fourth-order valence-corrected chi connectivity index (χ4v) is 2.65. The average molecular weight is 356 g/mol. The van der Waals surface area contributed by atoms with E-state index in [4.69, 9.17) is 13.9 Å². The first-order chi connectivity index (χ1) is 12.4. The molecule has 1 heterocycles. The number of esters is 1. The zero-order valence-electron chi connectivity index (χ0n) is 14.6. The van der Waals surface area contributed by atoms with Crippen LogP contribution in [0.2, 0.25) is 0 Å². The van der Waals surface area contributed by atoms with Crippen LogP contribution in [-0.2, 0) is 11.3 Å². The van der Waals surface area contributed by atoms with Gasteiger partial charge in [0.25, 0.3) is 0 Å². The molecule has 0 N–H and O–H groups in total. The largest absolute Gasteiger partial charge is 0.497 e. The molecule has 3 aromatic rings. The topological polar surface area (TPSA) is 65.7 Å². The molecule has 2 aromatic carbocycles. The van der Waals surface area contributed by atoms with Crippen molar-refractivity contribution in [3.8, 4) is 5.75 Å². The minimum absolute atomic E-state index is 0.172. The molecule has 0 saturated heterocycles. The van der Waals surface area contributed by atoms with E-state index in [2.05, 4.69) is 0 Å². The second-order valence-corrected chi connectivity index (χ2v) is 5.90. The van der Waals surface area contributed by atoms with Gasteiger partial charge in [0.2, 0.25) is 0 Å². The van der Waals surface area contributed by atoms with Crippen molar-refractivity contribution in [3.63, 3.8) is 0 Å². The van der Waals surface area contributed by atoms with Crippen molar-refractivity contribution in [2.45, 2.75) is 20.5 Å². The van der Waals surface area contributed by atoms with Gasteiger partial charge >= 0.3 is 11.6 Å². The molecule has 0 unspecified atom stereocenters. The molecule has 134 valence electrons. The normalized spacial score (nSPS) is 10.8. The molecule has 0 bridgehead atoms. The molecule has 5 nitrogen and oxygen atoms in total. The van der Waals surface area contributed by atoms with Crippen molar-refractivity contribution < 1.29 is 23.1 Å². The minimum atomic E-state index is -0.824. The summed E-state index contributed by atoms with van der Waals surface area (Å²) < 4.78 is 29.4. The van der Waals surface area contributed by atoms with E-state index in [1.165, 1.54) is 25.3 Å². The highest BCUT2D eigenvalue weighted by Gasteiger charge is 2.16. The van der Waals surface area contributed by atoms with Gasteiger partial charge in [-0.3, -0.25) is 0 Å². The van der Waals surface area contributed by atoms with Crippen LogP contribution < -0.4 is 10.4 Å². The van der Waals surface area contributed by atoms with Gasteiger partial charge in [-0.15, -0.1) is 0 Å². The summed E-state index contributed by atoms with van der Waals surface area (Å²) in [6, 6.07) is 8.84. The standard InChI is InChI=1S/C20H17FO5/c1-11-4-6-15-13(8-18(22)26-19(15)12(11)2)10-25-20(23)16-7-5-14(24-3)9-17(16)21/h4-9H,10H2,1-3H3. The van der Waals surface area contributed by atoms with Crippen molar-refractivity contribution in [3.05, 3.63) is 74.9 Å². The molecular weight excluding hydrogens is 339 g/mol. The SMILES string of the molecule is COc1ccc(C(=O)OCc2cc(=O)oc3c(C)c(C)ccc23)c(F)c1. The molecular formula is C20H17FO5. The van der Waals surface area contributed by atoms with E-state index in [0.29, 0.717) is 22.3 Å². The number of carbonyl (C=O) groups is 1. The Morgan fingerprint density at radius 1 is 1.15 bits per heavy atom. The van der Waals surface area contributed by atoms with Gasteiger partial charge in [0.05, 0.1) is 12.7 Å². The lowest BCUT2D eigenvalue weighted by atomic mass is 10.0. The summed E-state index contributed by atoms with van der Waals surface area (Å²) in [7, 11) is 1.41. The molecule has 0 amide bonds. The molecule has 1 aromatic heterocycles. The highest BCUT2D eigenvalue weighted by atomic mass is 19.1. The lowest BCUT2D eigenvalue weighted by Gasteiger charge is -2.10. The summed E-state index contributed by atoms with van der Waals surface area (Å²) in [6.07, 6.45) is 0. The van der Waals surface area contributed by atoms with Gasteiger partial charge in [0.15, 0.2) is 0 Å². The van der Waals surface area contributed by atoms with Gasteiger partial charge in [-0.1, -0.05) is 12.1 Å². The molecule has 6 heteroatoms. The fraction of sp³-hybridized carbons (Fsp3) is 0.200. The number of hydrogen-bond acceptors (Lipinski definition) is 5. The molecule has 0 aliphatic heterocycles. The van der Waals surface area contributed by atoms with Gasteiger partial charge in [-0.25, -0.2) is 14.0 Å². The first-order valence-electron chi connectivity index (χ1n) is 7.94. The average Bonchev–Trinajstić information content (AvgIpc) is 2.62. The van der Waals surface area contributed by atoms with Gasteiger partial charge in [0.1, 0.15) is 23.8 Å². The Morgan fingerprint density at radius 2 is 1.92 bits per heavy atom. The van der Waals surface area contributed by atoms with Crippen molar-refractivity contribution in [1.82, 2.24) is 0 Å². The molecule has 0 aliphatic rings. The third-order valence-electron chi connectivity index (χ3n) is 4.27. The summed E-state index contributed by atoms with van der Waals surface area (Å²) in [6.45, 7) is 3.59. The van der Waals surface area contributed by atoms with Crippen LogP contribution in [0.15, 0.2) is 45.6 Å². The molecule has 0 fully saturated rings. The maximum atomic E-state index is 14.0. The Balaban J connectivity index is 1.89. The van der Waals surface area contributed by atoms with Crippen LogP contribution in [0.1, 0.15) is 27.0 Å². The lowest BCUT2D eigenvalue weighted by Crippen LogP contribution is -2.10. The van der Waals surface area contributed by atoms with Crippen LogP contribution >= 0.6 is 0 Å². The zero-order valence-corrected chi connectivity index (χ0v) is 14.6. The number of carbonyl (C=O) groups excluding carboxylic acids is 1. The predicted octanol–water partition coefficient (Wildman–Crippen LogP) is 3.91. The fourth-order valence-electron chi connectivity index (χ4n) is 2.65. The van der Waals surface area contributed by atoms with Crippen molar-refractivity contribution in [1.29, 1.82) is 0 Å². The first-order valence-corrected chi connectivity index (χ1v) is 7.94. The van der Waals surface area contributed by atoms with Crippen LogP contribution in [0, 0.1) is 19.7 Å².